The Morgan fingerprint density at radius 2 is 2.22 bits per heavy atom. The predicted molar refractivity (Wildman–Crippen MR) is 75.4 cm³/mol. The molecule has 0 saturated heterocycles. The van der Waals surface area contributed by atoms with Crippen molar-refractivity contribution in [3.63, 3.8) is 0 Å². The van der Waals surface area contributed by atoms with Gasteiger partial charge in [-0.3, -0.25) is 4.98 Å². The minimum Gasteiger partial charge on any atom is -0.455 e. The molecule has 2 rings (SSSR count). The molecular weight excluding hydrogens is 268 g/mol. The van der Waals surface area contributed by atoms with Gasteiger partial charge in [0.1, 0.15) is 11.5 Å². The Bertz CT molecular complexity index is 548. The molecule has 0 spiro atoms. The van der Waals surface area contributed by atoms with Crippen molar-refractivity contribution in [2.45, 2.75) is 11.4 Å². The molecule has 2 aromatic rings. The summed E-state index contributed by atoms with van der Waals surface area (Å²) in [7, 11) is 0. The van der Waals surface area contributed by atoms with E-state index in [4.69, 9.17) is 22.1 Å². The summed E-state index contributed by atoms with van der Waals surface area (Å²) < 4.78 is 5.78. The lowest BCUT2D eigenvalue weighted by molar-refractivity contribution is 0.472. The van der Waals surface area contributed by atoms with Gasteiger partial charge in [0.25, 0.3) is 0 Å². The molecule has 0 saturated carbocycles. The molecule has 1 aromatic carbocycles. The predicted octanol–water partition coefficient (Wildman–Crippen LogP) is 3.71. The molecule has 0 aliphatic rings. The van der Waals surface area contributed by atoms with Crippen molar-refractivity contribution >= 4 is 23.4 Å². The number of hydrogen-bond donors (Lipinski definition) is 1. The van der Waals surface area contributed by atoms with Crippen LogP contribution in [0.15, 0.2) is 41.6 Å². The van der Waals surface area contributed by atoms with Crippen LogP contribution in [0.5, 0.6) is 11.5 Å². The van der Waals surface area contributed by atoms with Crippen LogP contribution >= 0.6 is 23.4 Å². The molecule has 3 nitrogen and oxygen atoms in total. The van der Waals surface area contributed by atoms with E-state index in [2.05, 4.69) is 4.98 Å². The summed E-state index contributed by atoms with van der Waals surface area (Å²) in [5.41, 5.74) is 6.77. The van der Waals surface area contributed by atoms with Crippen LogP contribution in [0, 0.1) is 0 Å². The van der Waals surface area contributed by atoms with E-state index in [1.165, 1.54) is 0 Å². The van der Waals surface area contributed by atoms with Crippen LogP contribution < -0.4 is 10.5 Å². The van der Waals surface area contributed by atoms with Gasteiger partial charge in [0.2, 0.25) is 0 Å². The summed E-state index contributed by atoms with van der Waals surface area (Å²) in [5.74, 6) is 1.35. The molecule has 5 heteroatoms. The van der Waals surface area contributed by atoms with Gasteiger partial charge in [-0.15, -0.1) is 11.8 Å². The first kappa shape index (κ1) is 13.2. The Labute approximate surface area is 115 Å². The van der Waals surface area contributed by atoms with Crippen LogP contribution in [0.4, 0.5) is 0 Å². The van der Waals surface area contributed by atoms with E-state index >= 15 is 0 Å². The molecule has 0 atom stereocenters. The summed E-state index contributed by atoms with van der Waals surface area (Å²) in [6.45, 7) is 0.431. The van der Waals surface area contributed by atoms with Crippen LogP contribution in [-0.2, 0) is 6.54 Å². The SMILES string of the molecule is CSc1cccc(Oc2cncc(Cl)c2)c1CN. The molecule has 0 unspecified atom stereocenters. The van der Waals surface area contributed by atoms with Crippen molar-refractivity contribution in [1.29, 1.82) is 0 Å². The number of benzene rings is 1. The highest BCUT2D eigenvalue weighted by Crippen LogP contribution is 2.32. The number of rotatable bonds is 4. The second-order valence-corrected chi connectivity index (χ2v) is 4.87. The highest BCUT2D eigenvalue weighted by molar-refractivity contribution is 7.98. The maximum absolute atomic E-state index is 5.87. The number of ether oxygens (including phenoxy) is 1. The minimum atomic E-state index is 0.431. The zero-order valence-corrected chi connectivity index (χ0v) is 11.5. The van der Waals surface area contributed by atoms with Gasteiger partial charge in [-0.25, -0.2) is 0 Å². The number of thioether (sulfide) groups is 1. The van der Waals surface area contributed by atoms with E-state index in [0.29, 0.717) is 17.3 Å². The number of hydrogen-bond acceptors (Lipinski definition) is 4. The third kappa shape index (κ3) is 2.96. The average Bonchev–Trinajstić information content (AvgIpc) is 2.38. The van der Waals surface area contributed by atoms with Crippen LogP contribution in [0.3, 0.4) is 0 Å². The zero-order valence-electron chi connectivity index (χ0n) is 9.89. The summed E-state index contributed by atoms with van der Waals surface area (Å²) in [6, 6.07) is 7.58. The van der Waals surface area contributed by atoms with Crippen LogP contribution in [0.2, 0.25) is 5.02 Å². The summed E-state index contributed by atoms with van der Waals surface area (Å²) in [5, 5.41) is 0.544. The zero-order chi connectivity index (χ0) is 13.0. The number of nitrogens with zero attached hydrogens (tertiary/aromatic N) is 1. The molecule has 94 valence electrons. The monoisotopic (exact) mass is 280 g/mol. The molecule has 0 bridgehead atoms. The van der Waals surface area contributed by atoms with Gasteiger partial charge in [0, 0.05) is 29.3 Å². The van der Waals surface area contributed by atoms with Crippen LogP contribution in [0.1, 0.15) is 5.56 Å². The van der Waals surface area contributed by atoms with E-state index in [1.807, 2.05) is 24.5 Å². The van der Waals surface area contributed by atoms with Crippen molar-refractivity contribution in [2.24, 2.45) is 5.73 Å². The van der Waals surface area contributed by atoms with Gasteiger partial charge in [0.15, 0.2) is 0 Å². The normalized spacial score (nSPS) is 10.4. The lowest BCUT2D eigenvalue weighted by Gasteiger charge is -2.12. The van der Waals surface area contributed by atoms with E-state index in [-0.39, 0.29) is 0 Å². The Balaban J connectivity index is 2.34. The van der Waals surface area contributed by atoms with Crippen molar-refractivity contribution < 1.29 is 4.74 Å². The molecule has 0 aliphatic heterocycles. The number of aromatic nitrogens is 1. The fourth-order valence-electron chi connectivity index (χ4n) is 1.61. The van der Waals surface area contributed by atoms with Gasteiger partial charge < -0.3 is 10.5 Å². The molecule has 2 N–H and O–H groups in total. The Morgan fingerprint density at radius 3 is 2.89 bits per heavy atom. The van der Waals surface area contributed by atoms with E-state index in [1.54, 1.807) is 30.2 Å². The lowest BCUT2D eigenvalue weighted by atomic mass is 10.2. The number of halogens is 1. The van der Waals surface area contributed by atoms with Gasteiger partial charge in [-0.2, -0.15) is 0 Å². The van der Waals surface area contributed by atoms with E-state index in [0.717, 1.165) is 16.2 Å². The fraction of sp³-hybridized carbons (Fsp3) is 0.154. The standard InChI is InChI=1S/C13H13ClN2OS/c1-18-13-4-2-3-12(11(13)6-15)17-10-5-9(14)7-16-8-10/h2-5,7-8H,6,15H2,1H3. The molecule has 0 fully saturated rings. The van der Waals surface area contributed by atoms with Gasteiger partial charge >= 0.3 is 0 Å². The highest BCUT2D eigenvalue weighted by Gasteiger charge is 2.08. The summed E-state index contributed by atoms with van der Waals surface area (Å²) in [6.07, 6.45) is 5.20. The minimum absolute atomic E-state index is 0.431. The van der Waals surface area contributed by atoms with Crippen molar-refractivity contribution in [3.8, 4) is 11.5 Å². The van der Waals surface area contributed by atoms with Crippen molar-refractivity contribution in [2.75, 3.05) is 6.26 Å². The maximum atomic E-state index is 5.87. The average molecular weight is 281 g/mol. The number of nitrogens with two attached hydrogens (primary N) is 1. The molecule has 0 radical (unpaired) electrons. The smallest absolute Gasteiger partial charge is 0.147 e. The second kappa shape index (κ2) is 6.09. The molecule has 1 heterocycles. The quantitative estimate of drug-likeness (QED) is 0.868. The fourth-order valence-corrected chi connectivity index (χ4v) is 2.42. The first-order valence-electron chi connectivity index (χ1n) is 5.39. The summed E-state index contributed by atoms with van der Waals surface area (Å²) >= 11 is 7.52. The molecule has 18 heavy (non-hydrogen) atoms. The van der Waals surface area contributed by atoms with Crippen molar-refractivity contribution in [1.82, 2.24) is 4.98 Å². The lowest BCUT2D eigenvalue weighted by Crippen LogP contribution is -2.01. The van der Waals surface area contributed by atoms with Gasteiger partial charge in [-0.05, 0) is 18.4 Å². The first-order valence-corrected chi connectivity index (χ1v) is 6.99. The van der Waals surface area contributed by atoms with E-state index < -0.39 is 0 Å². The third-order valence-electron chi connectivity index (χ3n) is 2.42. The van der Waals surface area contributed by atoms with Crippen molar-refractivity contribution in [3.05, 3.63) is 47.2 Å². The highest BCUT2D eigenvalue weighted by atomic mass is 35.5. The molecule has 1 aromatic heterocycles. The third-order valence-corrected chi connectivity index (χ3v) is 3.45. The number of pyridine rings is 1. The second-order valence-electron chi connectivity index (χ2n) is 3.58. The maximum Gasteiger partial charge on any atom is 0.147 e. The Kier molecular flexibility index (Phi) is 4.47. The summed E-state index contributed by atoms with van der Waals surface area (Å²) in [4.78, 5) is 5.10. The topological polar surface area (TPSA) is 48.1 Å². The van der Waals surface area contributed by atoms with Gasteiger partial charge in [-0.1, -0.05) is 17.7 Å². The molecular formula is C13H13ClN2OS. The van der Waals surface area contributed by atoms with E-state index in [9.17, 15) is 0 Å². The molecule has 0 amide bonds. The Hall–Kier alpha value is -1.23. The first-order chi connectivity index (χ1) is 8.74. The largest absolute Gasteiger partial charge is 0.455 e. The molecule has 0 aliphatic carbocycles. The van der Waals surface area contributed by atoms with Crippen LogP contribution in [-0.4, -0.2) is 11.2 Å². The van der Waals surface area contributed by atoms with Gasteiger partial charge in [0.05, 0.1) is 11.2 Å². The van der Waals surface area contributed by atoms with Crippen LogP contribution in [0.25, 0.3) is 0 Å². The Morgan fingerprint density at radius 1 is 1.39 bits per heavy atom.